The Labute approximate surface area is 223 Å². The van der Waals surface area contributed by atoms with Crippen LogP contribution in [0.4, 0.5) is 10.5 Å². The minimum Gasteiger partial charge on any atom is -0.508 e. The van der Waals surface area contributed by atoms with Crippen LogP contribution >= 0.6 is 0 Å². The second kappa shape index (κ2) is 14.0. The first kappa shape index (κ1) is 30.9. The van der Waals surface area contributed by atoms with Gasteiger partial charge in [-0.05, 0) is 56.0 Å². The number of ether oxygens (including phenoxy) is 3. The highest BCUT2D eigenvalue weighted by Crippen LogP contribution is 2.31. The lowest BCUT2D eigenvalue weighted by Crippen LogP contribution is -2.36. The molecule has 0 radical (unpaired) electrons. The molecule has 2 rings (SSSR count). The van der Waals surface area contributed by atoms with Crippen LogP contribution in [-0.4, -0.2) is 59.9 Å². The zero-order chi connectivity index (χ0) is 28.6. The van der Waals surface area contributed by atoms with E-state index in [1.54, 1.807) is 52.0 Å². The summed E-state index contributed by atoms with van der Waals surface area (Å²) in [4.78, 5) is 24.5. The van der Waals surface area contributed by atoms with E-state index >= 15 is 0 Å². The summed E-state index contributed by atoms with van der Waals surface area (Å²) in [6.45, 7) is 6.92. The number of carbonyl (C=O) groups is 2. The molecule has 1 aromatic carbocycles. The Morgan fingerprint density at radius 3 is 2.32 bits per heavy atom. The Kier molecular flexibility index (Phi) is 11.4. The van der Waals surface area contributed by atoms with Crippen molar-refractivity contribution in [2.24, 2.45) is 17.6 Å². The minimum absolute atomic E-state index is 0.120. The molecule has 10 nitrogen and oxygen atoms in total. The van der Waals surface area contributed by atoms with E-state index in [-0.39, 0.29) is 17.4 Å². The molecule has 10 heteroatoms. The number of aliphatic hydroxyl groups is 2. The van der Waals surface area contributed by atoms with Crippen LogP contribution in [0.2, 0.25) is 0 Å². The zero-order valence-electron chi connectivity index (χ0n) is 22.8. The van der Waals surface area contributed by atoms with Crippen LogP contribution in [0.1, 0.15) is 52.2 Å². The van der Waals surface area contributed by atoms with Crippen molar-refractivity contribution < 1.29 is 39.1 Å². The molecule has 1 aromatic rings. The number of methoxy groups -OCH3 is 2. The van der Waals surface area contributed by atoms with Crippen molar-refractivity contribution in [2.45, 2.75) is 65.0 Å². The molecule has 38 heavy (non-hydrogen) atoms. The van der Waals surface area contributed by atoms with E-state index in [0.29, 0.717) is 35.2 Å². The molecule has 0 aromatic heterocycles. The smallest absolute Gasteiger partial charge is 0.405 e. The average Bonchev–Trinajstić information content (AvgIpc) is 2.86. The number of benzene rings is 1. The third-order valence-corrected chi connectivity index (χ3v) is 6.61. The van der Waals surface area contributed by atoms with Gasteiger partial charge >= 0.3 is 6.09 Å². The number of allylic oxidation sites excluding steroid dienone is 1. The number of hydrogen-bond acceptors (Lipinski definition) is 8. The Balaban J connectivity index is 2.59. The fourth-order valence-electron chi connectivity index (χ4n) is 4.45. The number of hydrogen-bond donors (Lipinski definition) is 5. The highest BCUT2D eigenvalue weighted by Gasteiger charge is 2.28. The standard InChI is InChI=1S/C28H40N2O8/c1-15-8-7-9-22(36-5)26(38-28(29)35)18(4)10-16(2)25(33)23(37-6)11-17(3)24(32)19-12-20(30-27(15)34)14-21(31)13-19/h8,10-14,16-17,22,24-26,31-33H,7,9H2,1-6H3,(H2,29,35)(H,30,34). The van der Waals surface area contributed by atoms with E-state index in [9.17, 15) is 24.9 Å². The first-order chi connectivity index (χ1) is 17.9. The van der Waals surface area contributed by atoms with Gasteiger partial charge in [-0.15, -0.1) is 0 Å². The number of nitrogens with one attached hydrogen (secondary N) is 1. The molecule has 0 aliphatic carbocycles. The van der Waals surface area contributed by atoms with Crippen LogP contribution in [0.15, 0.2) is 53.3 Å². The number of nitrogens with two attached hydrogens (primary N) is 1. The highest BCUT2D eigenvalue weighted by atomic mass is 16.6. The van der Waals surface area contributed by atoms with Crippen LogP contribution in [0.3, 0.4) is 0 Å². The predicted octanol–water partition coefficient (Wildman–Crippen LogP) is 3.69. The number of aromatic hydroxyl groups is 1. The van der Waals surface area contributed by atoms with Crippen molar-refractivity contribution in [2.75, 3.05) is 19.5 Å². The Bertz CT molecular complexity index is 1080. The summed E-state index contributed by atoms with van der Waals surface area (Å²) in [6.07, 6.45) is 1.42. The largest absolute Gasteiger partial charge is 0.508 e. The molecule has 0 saturated heterocycles. The van der Waals surface area contributed by atoms with Gasteiger partial charge in [0.05, 0.1) is 19.3 Å². The molecule has 0 fully saturated rings. The van der Waals surface area contributed by atoms with E-state index in [1.165, 1.54) is 26.4 Å². The maximum absolute atomic E-state index is 12.8. The van der Waals surface area contributed by atoms with Gasteiger partial charge in [-0.1, -0.05) is 26.0 Å². The summed E-state index contributed by atoms with van der Waals surface area (Å²) in [7, 11) is 2.91. The number of anilines is 1. The number of phenolic OH excluding ortho intramolecular Hbond substituents is 1. The number of primary amides is 1. The molecule has 0 saturated carbocycles. The van der Waals surface area contributed by atoms with Gasteiger partial charge in [0.25, 0.3) is 5.91 Å². The van der Waals surface area contributed by atoms with Crippen molar-refractivity contribution in [3.63, 3.8) is 0 Å². The van der Waals surface area contributed by atoms with Crippen molar-refractivity contribution in [3.8, 4) is 5.75 Å². The molecule has 1 aliphatic rings. The van der Waals surface area contributed by atoms with Crippen molar-refractivity contribution in [1.29, 1.82) is 0 Å². The molecule has 210 valence electrons. The lowest BCUT2D eigenvalue weighted by Gasteiger charge is -2.27. The molecular weight excluding hydrogens is 492 g/mol. The molecular formula is C28H40N2O8. The second-order valence-electron chi connectivity index (χ2n) is 9.66. The predicted molar refractivity (Wildman–Crippen MR) is 143 cm³/mol. The summed E-state index contributed by atoms with van der Waals surface area (Å²) in [5, 5.41) is 35.0. The maximum atomic E-state index is 12.8. The number of rotatable bonds is 3. The van der Waals surface area contributed by atoms with Crippen LogP contribution in [0.5, 0.6) is 5.75 Å². The Morgan fingerprint density at radius 1 is 1.05 bits per heavy atom. The third kappa shape index (κ3) is 8.34. The molecule has 6 atom stereocenters. The highest BCUT2D eigenvalue weighted by molar-refractivity contribution is 6.03. The van der Waals surface area contributed by atoms with Crippen molar-refractivity contribution in [1.82, 2.24) is 0 Å². The van der Waals surface area contributed by atoms with Gasteiger partial charge in [-0.3, -0.25) is 4.79 Å². The third-order valence-electron chi connectivity index (χ3n) is 6.61. The summed E-state index contributed by atoms with van der Waals surface area (Å²) in [5.41, 5.74) is 7.08. The number of amides is 2. The molecule has 1 aliphatic heterocycles. The monoisotopic (exact) mass is 532 g/mol. The molecule has 0 spiro atoms. The first-order valence-corrected chi connectivity index (χ1v) is 12.5. The van der Waals surface area contributed by atoms with Gasteiger partial charge in [0.1, 0.15) is 17.6 Å². The fraction of sp³-hybridized carbons (Fsp3) is 0.500. The molecule has 2 bridgehead atoms. The van der Waals surface area contributed by atoms with Gasteiger partial charge in [0.2, 0.25) is 0 Å². The molecule has 6 N–H and O–H groups in total. The second-order valence-corrected chi connectivity index (χ2v) is 9.66. The van der Waals surface area contributed by atoms with Crippen LogP contribution < -0.4 is 11.1 Å². The van der Waals surface area contributed by atoms with E-state index in [0.717, 1.165) is 0 Å². The van der Waals surface area contributed by atoms with E-state index in [1.807, 2.05) is 0 Å². The van der Waals surface area contributed by atoms with Crippen LogP contribution in [-0.2, 0) is 19.0 Å². The SMILES string of the molecule is COC1=CC(C)C(O)c2cc(O)cc(c2)NC(=O)C(C)=CCCC(OC)C(OC(N)=O)C(C)=CC(C)C1O. The minimum atomic E-state index is -1.08. The number of phenols is 1. The Morgan fingerprint density at radius 2 is 1.71 bits per heavy atom. The summed E-state index contributed by atoms with van der Waals surface area (Å²) in [6, 6.07) is 4.38. The summed E-state index contributed by atoms with van der Waals surface area (Å²) < 4.78 is 16.4. The average molecular weight is 533 g/mol. The summed E-state index contributed by atoms with van der Waals surface area (Å²) >= 11 is 0. The lowest BCUT2D eigenvalue weighted by atomic mass is 9.92. The topological polar surface area (TPSA) is 161 Å². The fourth-order valence-corrected chi connectivity index (χ4v) is 4.45. The normalized spacial score (nSPS) is 27.9. The maximum Gasteiger partial charge on any atom is 0.405 e. The number of fused-ring (bicyclic) bond motifs is 2. The number of aliphatic hydroxyl groups excluding tert-OH is 2. The van der Waals surface area contributed by atoms with E-state index in [4.69, 9.17) is 19.9 Å². The van der Waals surface area contributed by atoms with Gasteiger partial charge in [-0.2, -0.15) is 0 Å². The van der Waals surface area contributed by atoms with Gasteiger partial charge in [0.15, 0.2) is 6.10 Å². The Hall–Kier alpha value is -3.34. The van der Waals surface area contributed by atoms with Crippen molar-refractivity contribution >= 4 is 17.7 Å². The van der Waals surface area contributed by atoms with Gasteiger partial charge in [0, 0.05) is 36.3 Å². The van der Waals surface area contributed by atoms with Crippen LogP contribution in [0.25, 0.3) is 0 Å². The first-order valence-electron chi connectivity index (χ1n) is 12.5. The summed E-state index contributed by atoms with van der Waals surface area (Å²) in [5.74, 6) is -1.27. The molecule has 6 unspecified atom stereocenters. The van der Waals surface area contributed by atoms with Gasteiger partial charge in [-0.25, -0.2) is 4.79 Å². The lowest BCUT2D eigenvalue weighted by molar-refractivity contribution is -0.112. The van der Waals surface area contributed by atoms with Crippen molar-refractivity contribution in [3.05, 3.63) is 58.9 Å². The molecule has 1 heterocycles. The van der Waals surface area contributed by atoms with Crippen LogP contribution in [0, 0.1) is 11.8 Å². The van der Waals surface area contributed by atoms with Gasteiger partial charge < -0.3 is 40.6 Å². The van der Waals surface area contributed by atoms with E-state index in [2.05, 4.69) is 5.32 Å². The molecule has 2 amide bonds. The quantitative estimate of drug-likeness (QED) is 0.368. The number of carbonyl (C=O) groups excluding carboxylic acids is 2. The zero-order valence-corrected chi connectivity index (χ0v) is 22.8. The van der Waals surface area contributed by atoms with E-state index < -0.39 is 42.3 Å².